The fraction of sp³-hybridized carbons (Fsp3) is 0.375. The molecule has 0 spiro atoms. The van der Waals surface area contributed by atoms with E-state index in [1.165, 1.54) is 11.3 Å². The van der Waals surface area contributed by atoms with Gasteiger partial charge in [0.05, 0.1) is 18.4 Å². The number of fused-ring (bicyclic) bond motifs is 1. The number of nitrogen functional groups attached to an aromatic ring is 1. The fourth-order valence-corrected chi connectivity index (χ4v) is 2.75. The summed E-state index contributed by atoms with van der Waals surface area (Å²) in [6, 6.07) is 10.9. The molecule has 118 valence electrons. The number of aromatic nitrogens is 2. The van der Waals surface area contributed by atoms with Gasteiger partial charge < -0.3 is 24.0 Å². The number of nitrogens with two attached hydrogens (primary N) is 1. The Balaban J connectivity index is 0.00000176. The second-order valence-corrected chi connectivity index (χ2v) is 5.70. The summed E-state index contributed by atoms with van der Waals surface area (Å²) < 4.78 is 1.87. The molecule has 5 nitrogen and oxygen atoms in total. The summed E-state index contributed by atoms with van der Waals surface area (Å²) in [7, 11) is 1.92. The van der Waals surface area contributed by atoms with Crippen LogP contribution in [0, 0.1) is 6.92 Å². The molecule has 6 heteroatoms. The minimum atomic E-state index is 0. The van der Waals surface area contributed by atoms with Gasteiger partial charge in [-0.05, 0) is 38.3 Å². The molecule has 1 aliphatic heterocycles. The minimum absolute atomic E-state index is 0. The van der Waals surface area contributed by atoms with Crippen LogP contribution in [0.5, 0.6) is 0 Å². The van der Waals surface area contributed by atoms with Crippen molar-refractivity contribution >= 4 is 17.5 Å². The Bertz CT molecular complexity index is 650. The number of anilines is 3. The maximum atomic E-state index is 5.95. The summed E-state index contributed by atoms with van der Waals surface area (Å²) in [4.78, 5) is 4.42. The lowest BCUT2D eigenvalue weighted by molar-refractivity contribution is -0.665. The number of para-hydroxylation sites is 1. The maximum Gasteiger partial charge on any atom is 0.391 e. The van der Waals surface area contributed by atoms with Crippen LogP contribution in [-0.4, -0.2) is 11.0 Å². The van der Waals surface area contributed by atoms with E-state index < -0.39 is 0 Å². The Labute approximate surface area is 148 Å². The number of nitrogens with one attached hydrogen (secondary N) is 1. The summed E-state index contributed by atoms with van der Waals surface area (Å²) >= 11 is 0. The predicted molar refractivity (Wildman–Crippen MR) is 84.9 cm³/mol. The molecule has 3 N–H and O–H groups in total. The molecule has 1 atom stereocenters. The first-order chi connectivity index (χ1) is 10.1. The topological polar surface area (TPSA) is 58.1 Å². The van der Waals surface area contributed by atoms with Gasteiger partial charge in [-0.25, -0.2) is 4.57 Å². The largest absolute Gasteiger partial charge is 1.00 e. The van der Waals surface area contributed by atoms with Gasteiger partial charge in [0.15, 0.2) is 0 Å². The quantitative estimate of drug-likeness (QED) is 0.490. The fourth-order valence-electron chi connectivity index (χ4n) is 2.75. The Morgan fingerprint density at radius 1 is 1.36 bits per heavy atom. The highest BCUT2D eigenvalue weighted by molar-refractivity contribution is 5.60. The number of halogens is 1. The molecule has 1 unspecified atom stereocenters. The van der Waals surface area contributed by atoms with Gasteiger partial charge in [-0.3, -0.25) is 16.2 Å². The van der Waals surface area contributed by atoms with Gasteiger partial charge in [-0.15, -0.1) is 0 Å². The van der Waals surface area contributed by atoms with Gasteiger partial charge in [0.25, 0.3) is 0 Å². The van der Waals surface area contributed by atoms with E-state index in [4.69, 9.17) is 5.73 Å². The summed E-state index contributed by atoms with van der Waals surface area (Å²) in [6.45, 7) is 4.25. The van der Waals surface area contributed by atoms with Crippen LogP contribution in [0.1, 0.15) is 24.6 Å². The van der Waals surface area contributed by atoms with Crippen molar-refractivity contribution in [1.29, 1.82) is 0 Å². The van der Waals surface area contributed by atoms with E-state index in [9.17, 15) is 0 Å². The number of hydrazine groups is 1. The SMILES string of the molecule is Cc1cc(NN2c3ccccc3CCC2C)nc(N)[n+]1C.[I-]. The first kappa shape index (κ1) is 16.8. The van der Waals surface area contributed by atoms with Crippen LogP contribution in [0.3, 0.4) is 0 Å². The molecule has 22 heavy (non-hydrogen) atoms. The third-order valence-electron chi connectivity index (χ3n) is 4.21. The van der Waals surface area contributed by atoms with Gasteiger partial charge in [-0.2, -0.15) is 0 Å². The molecule has 0 radical (unpaired) electrons. The average Bonchev–Trinajstić information content (AvgIpc) is 2.47. The standard InChI is InChI=1S/C16H21N5.HI/c1-11-8-9-13-6-4-5-7-14(13)21(11)19-15-10-12(2)20(3)16(17)18-15;/h4-7,10-11H,8-9H2,1-3H3,(H2,17,18,19);1H. The van der Waals surface area contributed by atoms with Crippen molar-refractivity contribution in [1.82, 2.24) is 4.98 Å². The van der Waals surface area contributed by atoms with Crippen molar-refractivity contribution in [3.05, 3.63) is 41.6 Å². The van der Waals surface area contributed by atoms with Crippen molar-refractivity contribution < 1.29 is 28.5 Å². The smallest absolute Gasteiger partial charge is 0.391 e. The van der Waals surface area contributed by atoms with E-state index >= 15 is 0 Å². The Morgan fingerprint density at radius 3 is 2.82 bits per heavy atom. The number of hydrogen-bond acceptors (Lipinski definition) is 4. The van der Waals surface area contributed by atoms with Crippen molar-refractivity contribution in [3.63, 3.8) is 0 Å². The molecule has 0 saturated carbocycles. The molecule has 0 bridgehead atoms. The second kappa shape index (κ2) is 6.68. The average molecular weight is 411 g/mol. The minimum Gasteiger partial charge on any atom is -1.00 e. The van der Waals surface area contributed by atoms with Crippen molar-refractivity contribution in [2.24, 2.45) is 7.05 Å². The summed E-state index contributed by atoms with van der Waals surface area (Å²) in [5.74, 6) is 1.29. The van der Waals surface area contributed by atoms with E-state index in [2.05, 4.69) is 46.6 Å². The zero-order valence-electron chi connectivity index (χ0n) is 13.2. The van der Waals surface area contributed by atoms with Gasteiger partial charge in [0, 0.05) is 12.1 Å². The Hall–Kier alpha value is -1.57. The second-order valence-electron chi connectivity index (χ2n) is 5.70. The maximum absolute atomic E-state index is 5.95. The van der Waals surface area contributed by atoms with Crippen LogP contribution in [0.15, 0.2) is 30.3 Å². The molecular weight excluding hydrogens is 389 g/mol. The third kappa shape index (κ3) is 3.11. The lowest BCUT2D eigenvalue weighted by Crippen LogP contribution is -3.00. The molecule has 0 aliphatic carbocycles. The number of rotatable bonds is 2. The van der Waals surface area contributed by atoms with Crippen LogP contribution >= 0.6 is 0 Å². The van der Waals surface area contributed by atoms with Crippen molar-refractivity contribution in [2.75, 3.05) is 16.2 Å². The third-order valence-corrected chi connectivity index (χ3v) is 4.21. The van der Waals surface area contributed by atoms with E-state index in [-0.39, 0.29) is 24.0 Å². The molecule has 0 saturated heterocycles. The molecule has 2 heterocycles. The molecular formula is C16H22IN5. The van der Waals surface area contributed by atoms with Crippen LogP contribution in [0.25, 0.3) is 0 Å². The summed E-state index contributed by atoms with van der Waals surface area (Å²) in [6.07, 6.45) is 2.24. The summed E-state index contributed by atoms with van der Waals surface area (Å²) in [5.41, 5.74) is 13.0. The lowest BCUT2D eigenvalue weighted by atomic mass is 9.98. The Kier molecular flexibility index (Phi) is 5.10. The molecule has 1 aliphatic rings. The number of aryl methyl sites for hydroxylation is 2. The molecule has 3 rings (SSSR count). The predicted octanol–water partition coefficient (Wildman–Crippen LogP) is -1.03. The molecule has 0 fully saturated rings. The van der Waals surface area contributed by atoms with Crippen LogP contribution in [0.4, 0.5) is 17.5 Å². The van der Waals surface area contributed by atoms with Crippen LogP contribution in [-0.2, 0) is 13.5 Å². The molecule has 0 amide bonds. The van der Waals surface area contributed by atoms with Crippen LogP contribution in [0.2, 0.25) is 0 Å². The highest BCUT2D eigenvalue weighted by Crippen LogP contribution is 2.30. The number of benzene rings is 1. The number of hydrogen-bond donors (Lipinski definition) is 2. The first-order valence-corrected chi connectivity index (χ1v) is 7.33. The zero-order chi connectivity index (χ0) is 15.0. The lowest BCUT2D eigenvalue weighted by Gasteiger charge is -2.36. The number of nitrogens with zero attached hydrogens (tertiary/aromatic N) is 3. The molecule has 1 aromatic heterocycles. The normalized spacial score (nSPS) is 16.7. The Morgan fingerprint density at radius 2 is 2.09 bits per heavy atom. The van der Waals surface area contributed by atoms with E-state index in [1.807, 2.05) is 24.6 Å². The van der Waals surface area contributed by atoms with Crippen molar-refractivity contribution in [2.45, 2.75) is 32.7 Å². The van der Waals surface area contributed by atoms with Gasteiger partial charge in [0.1, 0.15) is 0 Å². The van der Waals surface area contributed by atoms with Gasteiger partial charge in [0.2, 0.25) is 5.82 Å². The van der Waals surface area contributed by atoms with Gasteiger partial charge >= 0.3 is 5.95 Å². The van der Waals surface area contributed by atoms with E-state index in [0.717, 1.165) is 24.4 Å². The highest BCUT2D eigenvalue weighted by atomic mass is 127. The van der Waals surface area contributed by atoms with Crippen LogP contribution < -0.4 is 44.7 Å². The molecule has 2 aromatic rings. The van der Waals surface area contributed by atoms with E-state index in [0.29, 0.717) is 12.0 Å². The summed E-state index contributed by atoms with van der Waals surface area (Å²) in [5, 5.41) is 2.19. The van der Waals surface area contributed by atoms with Gasteiger partial charge in [-0.1, -0.05) is 23.2 Å². The highest BCUT2D eigenvalue weighted by Gasteiger charge is 2.24. The molecule has 1 aromatic carbocycles. The monoisotopic (exact) mass is 411 g/mol. The zero-order valence-corrected chi connectivity index (χ0v) is 15.3. The van der Waals surface area contributed by atoms with E-state index in [1.54, 1.807) is 0 Å². The first-order valence-electron chi connectivity index (χ1n) is 7.33. The van der Waals surface area contributed by atoms with Crippen molar-refractivity contribution in [3.8, 4) is 0 Å².